The predicted molar refractivity (Wildman–Crippen MR) is 56.2 cm³/mol. The summed E-state index contributed by atoms with van der Waals surface area (Å²) in [6.45, 7) is 0. The van der Waals surface area contributed by atoms with Crippen molar-refractivity contribution in [2.24, 2.45) is 0 Å². The van der Waals surface area contributed by atoms with Crippen molar-refractivity contribution in [3.8, 4) is 12.3 Å². The summed E-state index contributed by atoms with van der Waals surface area (Å²) in [6, 6.07) is 6.52. The monoisotopic (exact) mass is 204 g/mol. The molecule has 15 heavy (non-hydrogen) atoms. The van der Waals surface area contributed by atoms with Crippen LogP contribution in [0.5, 0.6) is 0 Å². The lowest BCUT2D eigenvalue weighted by atomic mass is 10.1. The average Bonchev–Trinajstić information content (AvgIpc) is 2.28. The molecule has 0 bridgehead atoms. The number of carbonyl (C=O) groups excluding carboxylic acids is 1. The molecule has 0 amide bonds. The predicted octanol–water partition coefficient (Wildman–Crippen LogP) is 1.53. The van der Waals surface area contributed by atoms with Crippen molar-refractivity contribution < 1.29 is 14.6 Å². The van der Waals surface area contributed by atoms with Crippen LogP contribution in [0.2, 0.25) is 0 Å². The summed E-state index contributed by atoms with van der Waals surface area (Å²) in [5.74, 6) is 1.98. The Kier molecular flexibility index (Phi) is 3.90. The maximum absolute atomic E-state index is 11.1. The van der Waals surface area contributed by atoms with Gasteiger partial charge in [0.2, 0.25) is 0 Å². The maximum atomic E-state index is 11.1. The highest BCUT2D eigenvalue weighted by atomic mass is 16.5. The number of benzene rings is 1. The summed E-state index contributed by atoms with van der Waals surface area (Å²) in [5.41, 5.74) is 1.15. The number of aliphatic hydroxyl groups is 1. The molecule has 0 aliphatic heterocycles. The van der Waals surface area contributed by atoms with Crippen molar-refractivity contribution in [1.29, 1.82) is 0 Å². The van der Waals surface area contributed by atoms with E-state index in [2.05, 4.69) is 10.7 Å². The first-order chi connectivity index (χ1) is 7.19. The number of esters is 1. The van der Waals surface area contributed by atoms with Gasteiger partial charge in [-0.05, 0) is 17.7 Å². The van der Waals surface area contributed by atoms with Gasteiger partial charge in [-0.15, -0.1) is 12.3 Å². The fraction of sp³-hybridized carbons (Fsp3) is 0.250. The van der Waals surface area contributed by atoms with E-state index < -0.39 is 12.1 Å². The molecule has 1 atom stereocenters. The second-order valence-corrected chi connectivity index (χ2v) is 3.04. The van der Waals surface area contributed by atoms with Gasteiger partial charge >= 0.3 is 5.97 Å². The van der Waals surface area contributed by atoms with E-state index in [9.17, 15) is 9.90 Å². The molecule has 3 nitrogen and oxygen atoms in total. The topological polar surface area (TPSA) is 46.5 Å². The summed E-state index contributed by atoms with van der Waals surface area (Å²) < 4.78 is 4.55. The van der Waals surface area contributed by atoms with Crippen LogP contribution >= 0.6 is 0 Å². The quantitative estimate of drug-likeness (QED) is 0.600. The molecule has 0 unspecified atom stereocenters. The number of carbonyl (C=O) groups is 1. The van der Waals surface area contributed by atoms with E-state index in [1.165, 1.54) is 7.11 Å². The van der Waals surface area contributed by atoms with Crippen LogP contribution in [0.1, 0.15) is 28.4 Å². The minimum Gasteiger partial charge on any atom is -0.465 e. The lowest BCUT2D eigenvalue weighted by Gasteiger charge is -2.07. The number of methoxy groups -OCH3 is 1. The summed E-state index contributed by atoms with van der Waals surface area (Å²) in [4.78, 5) is 11.1. The molecule has 0 aromatic heterocycles. The fourth-order valence-electron chi connectivity index (χ4n) is 1.19. The Morgan fingerprint density at radius 3 is 2.60 bits per heavy atom. The molecule has 3 heteroatoms. The van der Waals surface area contributed by atoms with Gasteiger partial charge in [0.25, 0.3) is 0 Å². The Morgan fingerprint density at radius 2 is 2.13 bits per heavy atom. The Morgan fingerprint density at radius 1 is 1.53 bits per heavy atom. The first kappa shape index (κ1) is 11.3. The van der Waals surface area contributed by atoms with E-state index in [4.69, 9.17) is 6.42 Å². The van der Waals surface area contributed by atoms with Gasteiger partial charge in [0.15, 0.2) is 0 Å². The minimum atomic E-state index is -0.679. The van der Waals surface area contributed by atoms with Crippen molar-refractivity contribution in [2.75, 3.05) is 7.11 Å². The van der Waals surface area contributed by atoms with Gasteiger partial charge in [-0.25, -0.2) is 4.79 Å². The van der Waals surface area contributed by atoms with E-state index >= 15 is 0 Å². The molecular formula is C12H12O3. The second-order valence-electron chi connectivity index (χ2n) is 3.04. The number of hydrogen-bond acceptors (Lipinski definition) is 3. The van der Waals surface area contributed by atoms with Gasteiger partial charge in [0.1, 0.15) is 0 Å². The fourth-order valence-corrected chi connectivity index (χ4v) is 1.19. The molecule has 1 N–H and O–H groups in total. The molecule has 0 aliphatic carbocycles. The number of aliphatic hydroxyl groups excluding tert-OH is 1. The van der Waals surface area contributed by atoms with Crippen molar-refractivity contribution in [3.05, 3.63) is 35.4 Å². The first-order valence-corrected chi connectivity index (χ1v) is 4.49. The van der Waals surface area contributed by atoms with E-state index in [0.717, 1.165) is 0 Å². The Hall–Kier alpha value is -1.79. The molecular weight excluding hydrogens is 192 g/mol. The van der Waals surface area contributed by atoms with Gasteiger partial charge in [0, 0.05) is 6.42 Å². The highest BCUT2D eigenvalue weighted by molar-refractivity contribution is 5.89. The normalized spacial score (nSPS) is 11.5. The third kappa shape index (κ3) is 2.83. The molecule has 0 fully saturated rings. The van der Waals surface area contributed by atoms with Gasteiger partial charge < -0.3 is 9.84 Å². The number of rotatable bonds is 3. The molecule has 1 rings (SSSR count). The molecule has 1 aromatic rings. The Balaban J connectivity index is 2.81. The second kappa shape index (κ2) is 5.18. The molecule has 0 radical (unpaired) electrons. The highest BCUT2D eigenvalue weighted by Crippen LogP contribution is 2.16. The number of terminal acetylenes is 1. The van der Waals surface area contributed by atoms with Crippen LogP contribution < -0.4 is 0 Å². The van der Waals surface area contributed by atoms with Crippen LogP contribution in [0.4, 0.5) is 0 Å². The van der Waals surface area contributed by atoms with Crippen molar-refractivity contribution in [1.82, 2.24) is 0 Å². The summed E-state index contributed by atoms with van der Waals surface area (Å²) >= 11 is 0. The SMILES string of the molecule is C#CC[C@@H](O)c1ccc(C(=O)OC)cc1. The van der Waals surface area contributed by atoms with E-state index in [0.29, 0.717) is 11.1 Å². The third-order valence-corrected chi connectivity index (χ3v) is 2.03. The zero-order valence-corrected chi connectivity index (χ0v) is 8.43. The van der Waals surface area contributed by atoms with Crippen LogP contribution in [0.3, 0.4) is 0 Å². The zero-order chi connectivity index (χ0) is 11.3. The number of ether oxygens (including phenoxy) is 1. The largest absolute Gasteiger partial charge is 0.465 e. The van der Waals surface area contributed by atoms with Crippen LogP contribution in [-0.4, -0.2) is 18.2 Å². The van der Waals surface area contributed by atoms with Gasteiger partial charge in [-0.1, -0.05) is 12.1 Å². The van der Waals surface area contributed by atoms with Gasteiger partial charge in [-0.3, -0.25) is 0 Å². The Bertz CT molecular complexity index is 373. The molecule has 0 aliphatic rings. The standard InChI is InChI=1S/C12H12O3/c1-3-4-11(13)9-5-7-10(8-6-9)12(14)15-2/h1,5-8,11,13H,4H2,2H3/t11-/m1/s1. The lowest BCUT2D eigenvalue weighted by Crippen LogP contribution is -2.02. The summed E-state index contributed by atoms with van der Waals surface area (Å²) in [7, 11) is 1.32. The molecule has 0 spiro atoms. The molecule has 78 valence electrons. The van der Waals surface area contributed by atoms with Crippen molar-refractivity contribution >= 4 is 5.97 Å². The first-order valence-electron chi connectivity index (χ1n) is 4.49. The third-order valence-electron chi connectivity index (χ3n) is 2.03. The smallest absolute Gasteiger partial charge is 0.337 e. The van der Waals surface area contributed by atoms with E-state index in [-0.39, 0.29) is 6.42 Å². The summed E-state index contributed by atoms with van der Waals surface area (Å²) in [6.07, 6.45) is 4.66. The van der Waals surface area contributed by atoms with Crippen LogP contribution in [-0.2, 0) is 4.74 Å². The molecule has 0 saturated heterocycles. The van der Waals surface area contributed by atoms with Crippen molar-refractivity contribution in [3.63, 3.8) is 0 Å². The Labute approximate surface area is 88.7 Å². The highest BCUT2D eigenvalue weighted by Gasteiger charge is 2.08. The van der Waals surface area contributed by atoms with Crippen molar-refractivity contribution in [2.45, 2.75) is 12.5 Å². The molecule has 0 heterocycles. The van der Waals surface area contributed by atoms with Gasteiger partial charge in [-0.2, -0.15) is 0 Å². The zero-order valence-electron chi connectivity index (χ0n) is 8.43. The van der Waals surface area contributed by atoms with E-state index in [1.54, 1.807) is 24.3 Å². The van der Waals surface area contributed by atoms with Crippen LogP contribution in [0, 0.1) is 12.3 Å². The van der Waals surface area contributed by atoms with Gasteiger partial charge in [0.05, 0.1) is 18.8 Å². The number of hydrogen-bond donors (Lipinski definition) is 1. The van der Waals surface area contributed by atoms with Crippen LogP contribution in [0.25, 0.3) is 0 Å². The molecule has 0 saturated carbocycles. The average molecular weight is 204 g/mol. The lowest BCUT2D eigenvalue weighted by molar-refractivity contribution is 0.0600. The van der Waals surface area contributed by atoms with Crippen LogP contribution in [0.15, 0.2) is 24.3 Å². The van der Waals surface area contributed by atoms with E-state index in [1.807, 2.05) is 0 Å². The molecule has 1 aromatic carbocycles. The maximum Gasteiger partial charge on any atom is 0.337 e. The minimum absolute atomic E-state index is 0.261. The summed E-state index contributed by atoms with van der Waals surface area (Å²) in [5, 5.41) is 9.55.